The molecule has 0 aromatic heterocycles. The minimum absolute atomic E-state index is 0.182. The van der Waals surface area contributed by atoms with Gasteiger partial charge in [-0.15, -0.1) is 0 Å². The van der Waals surface area contributed by atoms with Crippen LogP contribution in [-0.4, -0.2) is 38.7 Å². The first-order chi connectivity index (χ1) is 12.7. The molecule has 2 aliphatic rings. The van der Waals surface area contributed by atoms with Gasteiger partial charge >= 0.3 is 5.97 Å². The molecule has 0 N–H and O–H groups in total. The molecule has 0 amide bonds. The first-order valence-electron chi connectivity index (χ1n) is 8.67. The molecular formula is C20H24O7. The summed E-state index contributed by atoms with van der Waals surface area (Å²) in [6.45, 7) is 5.33. The number of hydrogen-bond acceptors (Lipinski definition) is 7. The summed E-state index contributed by atoms with van der Waals surface area (Å²) >= 11 is 0. The number of esters is 1. The lowest BCUT2D eigenvalue weighted by molar-refractivity contribution is -0.238. The summed E-state index contributed by atoms with van der Waals surface area (Å²) in [6, 6.07) is 3.58. The van der Waals surface area contributed by atoms with Gasteiger partial charge in [-0.25, -0.2) is 0 Å². The van der Waals surface area contributed by atoms with E-state index in [4.69, 9.17) is 23.7 Å². The normalized spacial score (nSPS) is 24.0. The van der Waals surface area contributed by atoms with Crippen molar-refractivity contribution >= 4 is 11.8 Å². The number of ketones is 1. The van der Waals surface area contributed by atoms with E-state index >= 15 is 0 Å². The average Bonchev–Trinajstić information content (AvgIpc) is 2.99. The van der Waals surface area contributed by atoms with Crippen LogP contribution in [0.5, 0.6) is 11.5 Å². The Kier molecular flexibility index (Phi) is 5.01. The van der Waals surface area contributed by atoms with Crippen LogP contribution in [0.15, 0.2) is 24.3 Å². The van der Waals surface area contributed by atoms with Crippen LogP contribution in [0.3, 0.4) is 0 Å². The molecule has 1 aromatic carbocycles. The highest BCUT2D eigenvalue weighted by Gasteiger charge is 2.48. The maximum Gasteiger partial charge on any atom is 0.311 e. The van der Waals surface area contributed by atoms with E-state index in [1.165, 1.54) is 6.08 Å². The van der Waals surface area contributed by atoms with Gasteiger partial charge in [-0.2, -0.15) is 0 Å². The molecule has 27 heavy (non-hydrogen) atoms. The molecule has 0 radical (unpaired) electrons. The van der Waals surface area contributed by atoms with Crippen LogP contribution >= 0.6 is 0 Å². The zero-order valence-corrected chi connectivity index (χ0v) is 16.2. The average molecular weight is 376 g/mol. The number of hydrogen-bond donors (Lipinski definition) is 0. The Balaban J connectivity index is 1.88. The SMILES string of the molecule is COc1cc2c(c(OC)c1)C1(C=CC(=O)C(COC(=O)C(C)(C)C)O1)OC2. The van der Waals surface area contributed by atoms with Crippen LogP contribution in [0.25, 0.3) is 0 Å². The Morgan fingerprint density at radius 2 is 2.00 bits per heavy atom. The third-order valence-corrected chi connectivity index (χ3v) is 4.48. The van der Waals surface area contributed by atoms with Crippen molar-refractivity contribution in [1.82, 2.24) is 0 Å². The molecule has 3 rings (SSSR count). The molecular weight excluding hydrogens is 352 g/mol. The molecule has 2 unspecified atom stereocenters. The highest BCUT2D eigenvalue weighted by Crippen LogP contribution is 2.47. The van der Waals surface area contributed by atoms with Gasteiger partial charge in [0.05, 0.1) is 31.8 Å². The fraction of sp³-hybridized carbons (Fsp3) is 0.500. The van der Waals surface area contributed by atoms with Crippen molar-refractivity contribution in [3.63, 3.8) is 0 Å². The zero-order valence-electron chi connectivity index (χ0n) is 16.2. The smallest absolute Gasteiger partial charge is 0.311 e. The molecule has 1 spiro atoms. The molecule has 7 nitrogen and oxygen atoms in total. The fourth-order valence-electron chi connectivity index (χ4n) is 3.01. The van der Waals surface area contributed by atoms with Crippen LogP contribution in [-0.2, 0) is 36.2 Å². The van der Waals surface area contributed by atoms with Crippen molar-refractivity contribution in [2.24, 2.45) is 5.41 Å². The standard InChI is InChI=1S/C20H24O7/c1-19(2,3)18(22)25-11-16-14(21)6-7-20(27-16)17-12(10-26-20)8-13(23-4)9-15(17)24-5/h6-9,16H,10-11H2,1-5H3. The van der Waals surface area contributed by atoms with E-state index in [0.717, 1.165) is 5.56 Å². The van der Waals surface area contributed by atoms with Gasteiger partial charge in [0, 0.05) is 6.07 Å². The number of fused-ring (bicyclic) bond motifs is 2. The lowest BCUT2D eigenvalue weighted by atomic mass is 9.96. The summed E-state index contributed by atoms with van der Waals surface area (Å²) < 4.78 is 28.0. The minimum atomic E-state index is -1.26. The topological polar surface area (TPSA) is 80.3 Å². The predicted molar refractivity (Wildman–Crippen MR) is 95.4 cm³/mol. The molecule has 0 saturated heterocycles. The Morgan fingerprint density at radius 3 is 2.63 bits per heavy atom. The lowest BCUT2D eigenvalue weighted by Gasteiger charge is -2.34. The monoisotopic (exact) mass is 376 g/mol. The van der Waals surface area contributed by atoms with Gasteiger partial charge in [0.1, 0.15) is 18.1 Å². The quantitative estimate of drug-likeness (QED) is 0.747. The number of rotatable bonds is 4. The van der Waals surface area contributed by atoms with E-state index < -0.39 is 23.3 Å². The van der Waals surface area contributed by atoms with Crippen LogP contribution in [0.1, 0.15) is 31.9 Å². The third kappa shape index (κ3) is 3.57. The summed E-state index contributed by atoms with van der Waals surface area (Å²) in [4.78, 5) is 24.3. The maximum atomic E-state index is 12.3. The number of methoxy groups -OCH3 is 2. The van der Waals surface area contributed by atoms with Crippen LogP contribution in [0, 0.1) is 5.41 Å². The van der Waals surface area contributed by atoms with Crippen molar-refractivity contribution in [3.05, 3.63) is 35.4 Å². The van der Waals surface area contributed by atoms with Gasteiger partial charge in [-0.1, -0.05) is 0 Å². The van der Waals surface area contributed by atoms with Gasteiger partial charge in [0.15, 0.2) is 11.9 Å². The van der Waals surface area contributed by atoms with Gasteiger partial charge in [-0.3, -0.25) is 9.59 Å². The maximum absolute atomic E-state index is 12.3. The Morgan fingerprint density at radius 1 is 1.26 bits per heavy atom. The van der Waals surface area contributed by atoms with Crippen LogP contribution in [0.2, 0.25) is 0 Å². The summed E-state index contributed by atoms with van der Waals surface area (Å²) in [6.07, 6.45) is 2.01. The van der Waals surface area contributed by atoms with Crippen molar-refractivity contribution in [2.45, 2.75) is 39.3 Å². The number of carbonyl (C=O) groups is 2. The molecule has 0 bridgehead atoms. The molecule has 0 fully saturated rings. The molecule has 1 aromatic rings. The van der Waals surface area contributed by atoms with E-state index in [2.05, 4.69) is 0 Å². The van der Waals surface area contributed by atoms with E-state index in [9.17, 15) is 9.59 Å². The van der Waals surface area contributed by atoms with E-state index in [1.54, 1.807) is 47.1 Å². The largest absolute Gasteiger partial charge is 0.497 e. The molecule has 2 aliphatic heterocycles. The lowest BCUT2D eigenvalue weighted by Crippen LogP contribution is -2.43. The molecule has 7 heteroatoms. The Labute approximate surface area is 158 Å². The Hall–Kier alpha value is -2.38. The van der Waals surface area contributed by atoms with E-state index in [1.807, 2.05) is 6.07 Å². The second kappa shape index (κ2) is 6.98. The van der Waals surface area contributed by atoms with Gasteiger partial charge < -0.3 is 23.7 Å². The number of ether oxygens (including phenoxy) is 5. The second-order valence-corrected chi connectivity index (χ2v) is 7.51. The van der Waals surface area contributed by atoms with Crippen LogP contribution < -0.4 is 9.47 Å². The number of carbonyl (C=O) groups excluding carboxylic acids is 2. The minimum Gasteiger partial charge on any atom is -0.497 e. The predicted octanol–water partition coefficient (Wildman–Crippen LogP) is 2.50. The third-order valence-electron chi connectivity index (χ3n) is 4.48. The summed E-state index contributed by atoms with van der Waals surface area (Å²) in [5, 5.41) is 0. The van der Waals surface area contributed by atoms with E-state index in [-0.39, 0.29) is 19.0 Å². The number of benzene rings is 1. The molecule has 0 aliphatic carbocycles. The van der Waals surface area contributed by atoms with Crippen molar-refractivity contribution in [2.75, 3.05) is 20.8 Å². The van der Waals surface area contributed by atoms with Gasteiger partial charge in [0.2, 0.25) is 5.79 Å². The summed E-state index contributed by atoms with van der Waals surface area (Å²) in [5.74, 6) is -0.784. The van der Waals surface area contributed by atoms with Crippen LogP contribution in [0.4, 0.5) is 0 Å². The highest BCUT2D eigenvalue weighted by molar-refractivity contribution is 5.95. The zero-order chi connectivity index (χ0) is 19.8. The second-order valence-electron chi connectivity index (χ2n) is 7.51. The van der Waals surface area contributed by atoms with Crippen molar-refractivity contribution in [1.29, 1.82) is 0 Å². The van der Waals surface area contributed by atoms with Crippen molar-refractivity contribution < 1.29 is 33.3 Å². The molecule has 2 atom stereocenters. The summed E-state index contributed by atoms with van der Waals surface area (Å²) in [5.41, 5.74) is 0.860. The first kappa shape index (κ1) is 19.4. The molecule has 0 saturated carbocycles. The van der Waals surface area contributed by atoms with Crippen molar-refractivity contribution in [3.8, 4) is 11.5 Å². The van der Waals surface area contributed by atoms with Gasteiger partial charge in [0.25, 0.3) is 0 Å². The highest BCUT2D eigenvalue weighted by atomic mass is 16.7. The van der Waals surface area contributed by atoms with E-state index in [0.29, 0.717) is 17.1 Å². The molecule has 2 heterocycles. The molecule has 146 valence electrons. The Bertz CT molecular complexity index is 790. The first-order valence-corrected chi connectivity index (χ1v) is 8.67. The summed E-state index contributed by atoms with van der Waals surface area (Å²) in [7, 11) is 3.11. The fourth-order valence-corrected chi connectivity index (χ4v) is 3.01. The van der Waals surface area contributed by atoms with Gasteiger partial charge in [-0.05, 0) is 44.6 Å².